The molecular formula is C17H21N3O4S2. The molecule has 0 atom stereocenters. The van der Waals surface area contributed by atoms with Crippen LogP contribution in [-0.4, -0.2) is 62.0 Å². The minimum absolute atomic E-state index is 0.255. The first kappa shape index (κ1) is 17.7. The Morgan fingerprint density at radius 3 is 2.54 bits per heavy atom. The summed E-state index contributed by atoms with van der Waals surface area (Å²) in [5.41, 5.74) is 1.05. The topological polar surface area (TPSA) is 72.0 Å². The predicted molar refractivity (Wildman–Crippen MR) is 98.3 cm³/mol. The number of sulfonamides is 1. The first-order chi connectivity index (χ1) is 12.5. The minimum atomic E-state index is -3.53. The largest absolute Gasteiger partial charge is 0.486 e. The summed E-state index contributed by atoms with van der Waals surface area (Å²) >= 11 is 1.64. The lowest BCUT2D eigenvalue weighted by atomic mass is 10.3. The van der Waals surface area contributed by atoms with E-state index in [2.05, 4.69) is 15.3 Å². The molecule has 1 saturated heterocycles. The van der Waals surface area contributed by atoms with E-state index in [1.54, 1.807) is 33.8 Å². The van der Waals surface area contributed by atoms with Crippen molar-refractivity contribution in [3.05, 3.63) is 34.3 Å². The van der Waals surface area contributed by atoms with Crippen LogP contribution in [0.1, 0.15) is 10.7 Å². The van der Waals surface area contributed by atoms with Gasteiger partial charge in [0, 0.05) is 44.2 Å². The fourth-order valence-corrected chi connectivity index (χ4v) is 5.21. The molecular weight excluding hydrogens is 374 g/mol. The van der Waals surface area contributed by atoms with Crippen molar-refractivity contribution in [3.63, 3.8) is 0 Å². The van der Waals surface area contributed by atoms with Crippen molar-refractivity contribution in [1.29, 1.82) is 0 Å². The van der Waals surface area contributed by atoms with E-state index in [1.165, 1.54) is 0 Å². The molecule has 0 bridgehead atoms. The molecule has 2 aliphatic heterocycles. The van der Waals surface area contributed by atoms with Crippen molar-refractivity contribution in [3.8, 4) is 11.5 Å². The normalized spacial score (nSPS) is 18.8. The number of thiazole rings is 1. The number of ether oxygens (including phenoxy) is 2. The van der Waals surface area contributed by atoms with Gasteiger partial charge >= 0.3 is 0 Å². The Hall–Kier alpha value is -1.68. The molecule has 4 rings (SSSR count). The van der Waals surface area contributed by atoms with Crippen LogP contribution in [0.5, 0.6) is 11.5 Å². The lowest BCUT2D eigenvalue weighted by Crippen LogP contribution is -2.48. The molecule has 26 heavy (non-hydrogen) atoms. The average molecular weight is 396 g/mol. The number of nitrogens with zero attached hydrogens (tertiary/aromatic N) is 3. The summed E-state index contributed by atoms with van der Waals surface area (Å²) in [6.45, 7) is 6.01. The monoisotopic (exact) mass is 395 g/mol. The Kier molecular flexibility index (Phi) is 4.87. The van der Waals surface area contributed by atoms with Crippen molar-refractivity contribution in [1.82, 2.24) is 14.2 Å². The molecule has 0 radical (unpaired) electrons. The maximum Gasteiger partial charge on any atom is 0.243 e. The number of benzene rings is 1. The zero-order valence-electron chi connectivity index (χ0n) is 14.6. The Morgan fingerprint density at radius 2 is 1.85 bits per heavy atom. The molecule has 3 heterocycles. The summed E-state index contributed by atoms with van der Waals surface area (Å²) in [5, 5.41) is 3.12. The summed E-state index contributed by atoms with van der Waals surface area (Å²) in [6.07, 6.45) is 0. The second-order valence-corrected chi connectivity index (χ2v) is 9.34. The van der Waals surface area contributed by atoms with Crippen molar-refractivity contribution >= 4 is 21.4 Å². The van der Waals surface area contributed by atoms with E-state index in [9.17, 15) is 8.42 Å². The van der Waals surface area contributed by atoms with Crippen molar-refractivity contribution in [2.45, 2.75) is 18.4 Å². The maximum atomic E-state index is 12.9. The molecule has 7 nitrogen and oxygen atoms in total. The van der Waals surface area contributed by atoms with Gasteiger partial charge in [0.15, 0.2) is 11.5 Å². The number of hydrogen-bond donors (Lipinski definition) is 0. The van der Waals surface area contributed by atoms with Crippen LogP contribution >= 0.6 is 11.3 Å². The highest BCUT2D eigenvalue weighted by molar-refractivity contribution is 7.89. The Labute approximate surface area is 157 Å². The Balaban J connectivity index is 1.43. The van der Waals surface area contributed by atoms with Crippen molar-refractivity contribution in [2.24, 2.45) is 0 Å². The number of fused-ring (bicyclic) bond motifs is 1. The number of hydrogen-bond acceptors (Lipinski definition) is 7. The van der Waals surface area contributed by atoms with E-state index in [0.29, 0.717) is 50.9 Å². The van der Waals surface area contributed by atoms with E-state index >= 15 is 0 Å². The van der Waals surface area contributed by atoms with Gasteiger partial charge in [0.2, 0.25) is 10.0 Å². The van der Waals surface area contributed by atoms with Gasteiger partial charge in [-0.2, -0.15) is 4.31 Å². The standard InChI is InChI=1S/C17H21N3O4S2/c1-13-18-14(12-25-13)11-19-4-6-20(7-5-19)26(21,22)15-2-3-16-17(10-15)24-9-8-23-16/h2-3,10,12H,4-9,11H2,1H3. The summed E-state index contributed by atoms with van der Waals surface area (Å²) < 4.78 is 38.4. The second kappa shape index (κ2) is 7.15. The van der Waals surface area contributed by atoms with Gasteiger partial charge in [0.1, 0.15) is 13.2 Å². The minimum Gasteiger partial charge on any atom is -0.486 e. The smallest absolute Gasteiger partial charge is 0.243 e. The molecule has 2 aromatic rings. The lowest BCUT2D eigenvalue weighted by molar-refractivity contribution is 0.170. The van der Waals surface area contributed by atoms with Gasteiger partial charge in [0.05, 0.1) is 15.6 Å². The molecule has 1 fully saturated rings. The molecule has 140 valence electrons. The predicted octanol–water partition coefficient (Wildman–Crippen LogP) is 1.73. The molecule has 0 spiro atoms. The van der Waals surface area contributed by atoms with Gasteiger partial charge in [-0.15, -0.1) is 11.3 Å². The first-order valence-corrected chi connectivity index (χ1v) is 10.9. The third-order valence-electron chi connectivity index (χ3n) is 4.53. The Morgan fingerprint density at radius 1 is 1.12 bits per heavy atom. The molecule has 0 saturated carbocycles. The fraction of sp³-hybridized carbons (Fsp3) is 0.471. The quantitative estimate of drug-likeness (QED) is 0.785. The number of rotatable bonds is 4. The third-order valence-corrected chi connectivity index (χ3v) is 7.25. The van der Waals surface area contributed by atoms with Crippen LogP contribution in [0.3, 0.4) is 0 Å². The van der Waals surface area contributed by atoms with Gasteiger partial charge in [0.25, 0.3) is 0 Å². The summed E-state index contributed by atoms with van der Waals surface area (Å²) in [4.78, 5) is 6.98. The highest BCUT2D eigenvalue weighted by atomic mass is 32.2. The molecule has 0 amide bonds. The molecule has 2 aliphatic rings. The summed E-state index contributed by atoms with van der Waals surface area (Å²) in [7, 11) is -3.53. The van der Waals surface area contributed by atoms with E-state index in [0.717, 1.165) is 17.2 Å². The first-order valence-electron chi connectivity index (χ1n) is 8.55. The van der Waals surface area contributed by atoms with Gasteiger partial charge in [-0.3, -0.25) is 4.90 Å². The molecule has 0 N–H and O–H groups in total. The van der Waals surface area contributed by atoms with E-state index < -0.39 is 10.0 Å². The van der Waals surface area contributed by atoms with Crippen LogP contribution in [0.15, 0.2) is 28.5 Å². The van der Waals surface area contributed by atoms with Gasteiger partial charge < -0.3 is 9.47 Å². The number of aryl methyl sites for hydroxylation is 1. The van der Waals surface area contributed by atoms with Crippen molar-refractivity contribution < 1.29 is 17.9 Å². The number of aromatic nitrogens is 1. The van der Waals surface area contributed by atoms with Gasteiger partial charge in [-0.05, 0) is 19.1 Å². The molecule has 0 unspecified atom stereocenters. The maximum absolute atomic E-state index is 12.9. The second-order valence-electron chi connectivity index (χ2n) is 6.34. The summed E-state index contributed by atoms with van der Waals surface area (Å²) in [5.74, 6) is 1.09. The zero-order chi connectivity index (χ0) is 18.1. The van der Waals surface area contributed by atoms with Crippen LogP contribution in [0.4, 0.5) is 0 Å². The van der Waals surface area contributed by atoms with Crippen LogP contribution in [-0.2, 0) is 16.6 Å². The summed E-state index contributed by atoms with van der Waals surface area (Å²) in [6, 6.07) is 4.82. The Bertz CT molecular complexity index is 889. The molecule has 1 aromatic heterocycles. The van der Waals surface area contributed by atoms with Crippen LogP contribution in [0, 0.1) is 6.92 Å². The molecule has 9 heteroatoms. The SMILES string of the molecule is Cc1nc(CN2CCN(S(=O)(=O)c3ccc4c(c3)OCCO4)CC2)cs1. The van der Waals surface area contributed by atoms with Crippen LogP contribution in [0.2, 0.25) is 0 Å². The van der Waals surface area contributed by atoms with E-state index in [1.807, 2.05) is 6.92 Å². The zero-order valence-corrected chi connectivity index (χ0v) is 16.2. The fourth-order valence-electron chi connectivity index (χ4n) is 3.17. The third kappa shape index (κ3) is 3.57. The molecule has 1 aromatic carbocycles. The van der Waals surface area contributed by atoms with Gasteiger partial charge in [-0.1, -0.05) is 0 Å². The van der Waals surface area contributed by atoms with Crippen molar-refractivity contribution in [2.75, 3.05) is 39.4 Å². The lowest BCUT2D eigenvalue weighted by Gasteiger charge is -2.33. The highest BCUT2D eigenvalue weighted by Crippen LogP contribution is 2.33. The average Bonchev–Trinajstić information content (AvgIpc) is 3.06. The van der Waals surface area contributed by atoms with Gasteiger partial charge in [-0.25, -0.2) is 13.4 Å². The van der Waals surface area contributed by atoms with Crippen LogP contribution < -0.4 is 9.47 Å². The highest BCUT2D eigenvalue weighted by Gasteiger charge is 2.29. The van der Waals surface area contributed by atoms with Crippen LogP contribution in [0.25, 0.3) is 0 Å². The number of piperazine rings is 1. The molecule has 0 aliphatic carbocycles. The van der Waals surface area contributed by atoms with E-state index in [4.69, 9.17) is 9.47 Å². The van der Waals surface area contributed by atoms with E-state index in [-0.39, 0.29) is 4.90 Å².